The number of benzene rings is 1. The molecule has 1 amide bonds. The summed E-state index contributed by atoms with van der Waals surface area (Å²) in [5, 5.41) is 0. The molecule has 1 aromatic rings. The molecule has 1 fully saturated rings. The van der Waals surface area contributed by atoms with E-state index in [0.29, 0.717) is 0 Å². The van der Waals surface area contributed by atoms with Crippen LogP contribution in [-0.4, -0.2) is 37.6 Å². The van der Waals surface area contributed by atoms with Crippen molar-refractivity contribution in [3.05, 3.63) is 35.9 Å². The quantitative estimate of drug-likeness (QED) is 0.839. The molecule has 5 heteroatoms. The van der Waals surface area contributed by atoms with Crippen LogP contribution in [0.5, 0.6) is 0 Å². The molecule has 116 valence electrons. The van der Waals surface area contributed by atoms with Crippen LogP contribution >= 0.6 is 0 Å². The monoisotopic (exact) mass is 309 g/mol. The maximum atomic E-state index is 12.2. The van der Waals surface area contributed by atoms with Crippen molar-refractivity contribution in [2.75, 3.05) is 12.3 Å². The maximum absolute atomic E-state index is 12.2. The van der Waals surface area contributed by atoms with E-state index in [0.717, 1.165) is 31.4 Å². The van der Waals surface area contributed by atoms with Crippen LogP contribution < -0.4 is 0 Å². The molecule has 0 radical (unpaired) electrons. The second kappa shape index (κ2) is 7.07. The normalized spacial score (nSPS) is 19.5. The Morgan fingerprint density at radius 2 is 1.95 bits per heavy atom. The number of nitrogens with zero attached hydrogens (tertiary/aromatic N) is 1. The Labute approximate surface area is 127 Å². The second-order valence-corrected chi connectivity index (χ2v) is 7.94. The summed E-state index contributed by atoms with van der Waals surface area (Å²) in [6.07, 6.45) is 3.28. The molecule has 1 aromatic carbocycles. The highest BCUT2D eigenvalue weighted by Crippen LogP contribution is 2.17. The van der Waals surface area contributed by atoms with E-state index in [1.54, 1.807) is 12.1 Å². The molecule has 0 aromatic heterocycles. The second-order valence-electron chi connectivity index (χ2n) is 5.76. The lowest BCUT2D eigenvalue weighted by molar-refractivity contribution is -0.133. The summed E-state index contributed by atoms with van der Waals surface area (Å²) in [6.45, 7) is 2.80. The Bertz CT molecular complexity index is 568. The van der Waals surface area contributed by atoms with Crippen LogP contribution in [0.1, 0.15) is 38.2 Å². The van der Waals surface area contributed by atoms with Crippen molar-refractivity contribution >= 4 is 15.7 Å². The number of sulfone groups is 1. The van der Waals surface area contributed by atoms with E-state index < -0.39 is 9.84 Å². The zero-order valence-electron chi connectivity index (χ0n) is 12.5. The number of likely N-dealkylation sites (tertiary alicyclic amines) is 1. The van der Waals surface area contributed by atoms with Crippen LogP contribution in [-0.2, 0) is 20.4 Å². The van der Waals surface area contributed by atoms with E-state index >= 15 is 0 Å². The van der Waals surface area contributed by atoms with Gasteiger partial charge in [-0.2, -0.15) is 0 Å². The van der Waals surface area contributed by atoms with Gasteiger partial charge in [0.15, 0.2) is 9.84 Å². The molecule has 2 rings (SSSR count). The molecule has 21 heavy (non-hydrogen) atoms. The van der Waals surface area contributed by atoms with Crippen molar-refractivity contribution in [2.24, 2.45) is 0 Å². The van der Waals surface area contributed by atoms with Crippen LogP contribution in [0.3, 0.4) is 0 Å². The fraction of sp³-hybridized carbons (Fsp3) is 0.562. The highest BCUT2D eigenvalue weighted by Gasteiger charge is 2.24. The predicted molar refractivity (Wildman–Crippen MR) is 83.6 cm³/mol. The molecule has 1 aliphatic rings. The number of piperidine rings is 1. The van der Waals surface area contributed by atoms with E-state index in [4.69, 9.17) is 0 Å². The molecule has 0 unspecified atom stereocenters. The molecule has 0 saturated carbocycles. The van der Waals surface area contributed by atoms with Crippen LogP contribution in [0.15, 0.2) is 30.3 Å². The van der Waals surface area contributed by atoms with E-state index in [9.17, 15) is 13.2 Å². The molecule has 0 aliphatic carbocycles. The van der Waals surface area contributed by atoms with Gasteiger partial charge >= 0.3 is 0 Å². The zero-order valence-corrected chi connectivity index (χ0v) is 13.3. The topological polar surface area (TPSA) is 54.5 Å². The minimum Gasteiger partial charge on any atom is -0.340 e. The molecule has 0 spiro atoms. The van der Waals surface area contributed by atoms with E-state index in [1.165, 1.54) is 0 Å². The molecular weight excluding hydrogens is 286 g/mol. The van der Waals surface area contributed by atoms with Crippen molar-refractivity contribution in [3.8, 4) is 0 Å². The summed E-state index contributed by atoms with van der Waals surface area (Å²) in [4.78, 5) is 14.0. The smallest absolute Gasteiger partial charge is 0.223 e. The molecule has 0 bridgehead atoms. The number of hydrogen-bond acceptors (Lipinski definition) is 3. The standard InChI is InChI=1S/C16H23NO3S/c1-14-7-5-6-11-17(14)16(18)10-12-21(19,20)13-15-8-3-2-4-9-15/h2-4,8-9,14H,5-7,10-13H2,1H3/t14-/m0/s1. The van der Waals surface area contributed by atoms with Gasteiger partial charge in [0, 0.05) is 19.0 Å². The first-order chi connectivity index (χ1) is 9.98. The Kier molecular flexibility index (Phi) is 5.39. The summed E-state index contributed by atoms with van der Waals surface area (Å²) in [7, 11) is -3.23. The lowest BCUT2D eigenvalue weighted by Crippen LogP contribution is -2.42. The van der Waals surface area contributed by atoms with E-state index in [-0.39, 0.29) is 29.9 Å². The summed E-state index contributed by atoms with van der Waals surface area (Å²) in [6, 6.07) is 9.34. The van der Waals surface area contributed by atoms with E-state index in [2.05, 4.69) is 0 Å². The van der Waals surface area contributed by atoms with Crippen LogP contribution in [0.2, 0.25) is 0 Å². The van der Waals surface area contributed by atoms with Gasteiger partial charge in [-0.3, -0.25) is 4.79 Å². The largest absolute Gasteiger partial charge is 0.340 e. The Morgan fingerprint density at radius 1 is 1.24 bits per heavy atom. The molecule has 1 heterocycles. The fourth-order valence-corrected chi connectivity index (χ4v) is 4.09. The SMILES string of the molecule is C[C@H]1CCCCN1C(=O)CCS(=O)(=O)Cc1ccccc1. The van der Waals surface area contributed by atoms with Crippen molar-refractivity contribution < 1.29 is 13.2 Å². The lowest BCUT2D eigenvalue weighted by atomic mass is 10.0. The number of carbonyl (C=O) groups is 1. The third-order valence-corrected chi connectivity index (χ3v) is 5.58. The Hall–Kier alpha value is -1.36. The number of carbonyl (C=O) groups excluding carboxylic acids is 1. The number of rotatable bonds is 5. The van der Waals surface area contributed by atoms with Gasteiger partial charge in [-0.05, 0) is 31.7 Å². The molecule has 0 N–H and O–H groups in total. The van der Waals surface area contributed by atoms with Gasteiger partial charge in [0.2, 0.25) is 5.91 Å². The van der Waals surface area contributed by atoms with Gasteiger partial charge in [0.25, 0.3) is 0 Å². The minimum atomic E-state index is -3.23. The van der Waals surface area contributed by atoms with Crippen LogP contribution in [0, 0.1) is 0 Å². The molecule has 1 saturated heterocycles. The van der Waals surface area contributed by atoms with Crippen molar-refractivity contribution in [2.45, 2.75) is 44.4 Å². The summed E-state index contributed by atoms with van der Waals surface area (Å²) in [5.74, 6) is -0.0838. The molecule has 4 nitrogen and oxygen atoms in total. The molecule has 1 atom stereocenters. The molecular formula is C16H23NO3S. The molecule has 1 aliphatic heterocycles. The van der Waals surface area contributed by atoms with E-state index in [1.807, 2.05) is 30.0 Å². The summed E-state index contributed by atoms with van der Waals surface area (Å²) < 4.78 is 24.2. The van der Waals surface area contributed by atoms with Gasteiger partial charge in [-0.1, -0.05) is 30.3 Å². The number of hydrogen-bond donors (Lipinski definition) is 0. The Balaban J connectivity index is 1.88. The average Bonchev–Trinajstić information content (AvgIpc) is 2.46. The van der Waals surface area contributed by atoms with Gasteiger partial charge in [-0.25, -0.2) is 8.42 Å². The highest BCUT2D eigenvalue weighted by molar-refractivity contribution is 7.90. The summed E-state index contributed by atoms with van der Waals surface area (Å²) in [5.41, 5.74) is 0.774. The lowest BCUT2D eigenvalue weighted by Gasteiger charge is -2.33. The van der Waals surface area contributed by atoms with Gasteiger partial charge < -0.3 is 4.90 Å². The van der Waals surface area contributed by atoms with Crippen molar-refractivity contribution in [1.29, 1.82) is 0 Å². The first kappa shape index (κ1) is 16.0. The van der Waals surface area contributed by atoms with Crippen molar-refractivity contribution in [3.63, 3.8) is 0 Å². The van der Waals surface area contributed by atoms with Gasteiger partial charge in [0.05, 0.1) is 11.5 Å². The van der Waals surface area contributed by atoms with Gasteiger partial charge in [-0.15, -0.1) is 0 Å². The first-order valence-electron chi connectivity index (χ1n) is 7.52. The fourth-order valence-electron chi connectivity index (χ4n) is 2.76. The first-order valence-corrected chi connectivity index (χ1v) is 9.34. The Morgan fingerprint density at radius 3 is 2.62 bits per heavy atom. The average molecular weight is 309 g/mol. The van der Waals surface area contributed by atoms with Crippen LogP contribution in [0.25, 0.3) is 0 Å². The van der Waals surface area contributed by atoms with Crippen LogP contribution in [0.4, 0.5) is 0 Å². The minimum absolute atomic E-state index is 0.0106. The number of amides is 1. The van der Waals surface area contributed by atoms with Crippen molar-refractivity contribution in [1.82, 2.24) is 4.90 Å². The summed E-state index contributed by atoms with van der Waals surface area (Å²) >= 11 is 0. The third kappa shape index (κ3) is 4.84. The third-order valence-electron chi connectivity index (χ3n) is 3.98. The zero-order chi connectivity index (χ0) is 15.3. The maximum Gasteiger partial charge on any atom is 0.223 e. The highest BCUT2D eigenvalue weighted by atomic mass is 32.2. The predicted octanol–water partition coefficient (Wildman–Crippen LogP) is 2.39. The van der Waals surface area contributed by atoms with Gasteiger partial charge in [0.1, 0.15) is 0 Å².